The largest absolute Gasteiger partial charge is 0.481 e. The first kappa shape index (κ1) is 18.9. The van der Waals surface area contributed by atoms with Crippen molar-refractivity contribution in [2.24, 2.45) is 5.41 Å². The summed E-state index contributed by atoms with van der Waals surface area (Å²) in [6, 6.07) is 13.2. The predicted octanol–water partition coefficient (Wildman–Crippen LogP) is 4.16. The Morgan fingerprint density at radius 1 is 1.14 bits per heavy atom. The number of nitrogens with one attached hydrogen (secondary N) is 1. The van der Waals surface area contributed by atoms with Crippen LogP contribution in [0, 0.1) is 19.3 Å². The topological polar surface area (TPSA) is 92.4 Å². The number of fused-ring (bicyclic) bond motifs is 1. The SMILES string of the molecule is Cc1coc(-c2ccc(C)c(NC(=O)CC3(C(=O)O)Cc4ccccc4C3)c2)n1. The number of oxazole rings is 1. The van der Waals surface area contributed by atoms with E-state index in [4.69, 9.17) is 4.42 Å². The smallest absolute Gasteiger partial charge is 0.310 e. The maximum Gasteiger partial charge on any atom is 0.310 e. The summed E-state index contributed by atoms with van der Waals surface area (Å²) in [6.45, 7) is 3.73. The number of carbonyl (C=O) groups is 2. The summed E-state index contributed by atoms with van der Waals surface area (Å²) in [4.78, 5) is 29.2. The summed E-state index contributed by atoms with van der Waals surface area (Å²) >= 11 is 0. The van der Waals surface area contributed by atoms with Gasteiger partial charge in [-0.05, 0) is 55.5 Å². The molecule has 0 unspecified atom stereocenters. The van der Waals surface area contributed by atoms with Crippen molar-refractivity contribution in [2.45, 2.75) is 33.1 Å². The van der Waals surface area contributed by atoms with Crippen LogP contribution in [0.5, 0.6) is 0 Å². The van der Waals surface area contributed by atoms with Gasteiger partial charge in [0.25, 0.3) is 0 Å². The molecule has 0 bridgehead atoms. The van der Waals surface area contributed by atoms with Crippen LogP contribution < -0.4 is 5.32 Å². The highest BCUT2D eigenvalue weighted by Crippen LogP contribution is 2.40. The first-order chi connectivity index (χ1) is 13.9. The van der Waals surface area contributed by atoms with E-state index in [9.17, 15) is 14.7 Å². The minimum Gasteiger partial charge on any atom is -0.481 e. The highest BCUT2D eigenvalue weighted by atomic mass is 16.4. The third kappa shape index (κ3) is 3.66. The van der Waals surface area contributed by atoms with E-state index < -0.39 is 11.4 Å². The minimum atomic E-state index is -1.11. The number of aromatic nitrogens is 1. The van der Waals surface area contributed by atoms with Gasteiger partial charge < -0.3 is 14.8 Å². The van der Waals surface area contributed by atoms with Crippen LogP contribution >= 0.6 is 0 Å². The van der Waals surface area contributed by atoms with Crippen LogP contribution in [0.4, 0.5) is 5.69 Å². The Bertz CT molecular complexity index is 1070. The lowest BCUT2D eigenvalue weighted by Gasteiger charge is -2.23. The number of benzene rings is 2. The van der Waals surface area contributed by atoms with Crippen LogP contribution in [-0.4, -0.2) is 22.0 Å². The second-order valence-electron chi connectivity index (χ2n) is 7.76. The van der Waals surface area contributed by atoms with Crippen LogP contribution in [0.25, 0.3) is 11.5 Å². The van der Waals surface area contributed by atoms with Crippen LogP contribution in [0.2, 0.25) is 0 Å². The number of nitrogens with zero attached hydrogens (tertiary/aromatic N) is 1. The molecule has 2 N–H and O–H groups in total. The minimum absolute atomic E-state index is 0.0845. The molecular weight excluding hydrogens is 368 g/mol. The third-order valence-corrected chi connectivity index (χ3v) is 5.51. The maximum absolute atomic E-state index is 12.8. The number of carboxylic acids is 1. The van der Waals surface area contributed by atoms with E-state index in [1.165, 1.54) is 0 Å². The molecule has 29 heavy (non-hydrogen) atoms. The van der Waals surface area contributed by atoms with E-state index in [0.29, 0.717) is 24.4 Å². The fourth-order valence-electron chi connectivity index (χ4n) is 3.92. The molecule has 6 nitrogen and oxygen atoms in total. The predicted molar refractivity (Wildman–Crippen MR) is 109 cm³/mol. The zero-order valence-corrected chi connectivity index (χ0v) is 16.4. The molecule has 1 heterocycles. The van der Waals surface area contributed by atoms with Crippen molar-refractivity contribution < 1.29 is 19.1 Å². The van der Waals surface area contributed by atoms with Crippen molar-refractivity contribution in [3.05, 3.63) is 71.1 Å². The molecule has 3 aromatic rings. The zero-order valence-electron chi connectivity index (χ0n) is 16.4. The van der Waals surface area contributed by atoms with E-state index in [2.05, 4.69) is 10.3 Å². The van der Waals surface area contributed by atoms with Crippen molar-refractivity contribution in [3.8, 4) is 11.5 Å². The molecule has 0 atom stereocenters. The number of aliphatic carboxylic acids is 1. The molecule has 6 heteroatoms. The van der Waals surface area contributed by atoms with Gasteiger partial charge in [0.05, 0.1) is 11.1 Å². The number of rotatable bonds is 5. The Hall–Kier alpha value is -3.41. The fraction of sp³-hybridized carbons (Fsp3) is 0.261. The van der Waals surface area contributed by atoms with Gasteiger partial charge in [0.1, 0.15) is 6.26 Å². The van der Waals surface area contributed by atoms with Gasteiger partial charge >= 0.3 is 5.97 Å². The van der Waals surface area contributed by atoms with Crippen molar-refractivity contribution in [3.63, 3.8) is 0 Å². The average molecular weight is 390 g/mol. The summed E-state index contributed by atoms with van der Waals surface area (Å²) in [7, 11) is 0. The van der Waals surface area contributed by atoms with E-state index in [-0.39, 0.29) is 12.3 Å². The molecule has 0 fully saturated rings. The van der Waals surface area contributed by atoms with Gasteiger partial charge in [0.2, 0.25) is 11.8 Å². The molecule has 1 aromatic heterocycles. The standard InChI is InChI=1S/C23H22N2O4/c1-14-7-8-16(21-24-15(2)13-29-21)9-19(14)25-20(26)12-23(22(27)28)10-17-5-3-4-6-18(17)11-23/h3-9,13H,10-12H2,1-2H3,(H,25,26)(H,27,28). The lowest BCUT2D eigenvalue weighted by Crippen LogP contribution is -2.36. The fourth-order valence-corrected chi connectivity index (χ4v) is 3.92. The first-order valence-electron chi connectivity index (χ1n) is 9.49. The van der Waals surface area contributed by atoms with E-state index >= 15 is 0 Å². The van der Waals surface area contributed by atoms with Crippen LogP contribution in [0.15, 0.2) is 53.1 Å². The van der Waals surface area contributed by atoms with E-state index in [1.54, 1.807) is 12.3 Å². The Morgan fingerprint density at radius 2 is 1.83 bits per heavy atom. The van der Waals surface area contributed by atoms with Crippen molar-refractivity contribution in [1.82, 2.24) is 4.98 Å². The molecule has 2 aromatic carbocycles. The van der Waals surface area contributed by atoms with Crippen molar-refractivity contribution in [2.75, 3.05) is 5.32 Å². The normalized spacial score (nSPS) is 14.4. The maximum atomic E-state index is 12.8. The number of anilines is 1. The average Bonchev–Trinajstić information content (AvgIpc) is 3.27. The summed E-state index contributed by atoms with van der Waals surface area (Å²) in [5.41, 5.74) is 3.92. The van der Waals surface area contributed by atoms with Gasteiger partial charge in [0, 0.05) is 17.7 Å². The van der Waals surface area contributed by atoms with Gasteiger partial charge in [-0.1, -0.05) is 30.3 Å². The van der Waals surface area contributed by atoms with Gasteiger partial charge in [0.15, 0.2) is 0 Å². The number of amides is 1. The number of hydrogen-bond donors (Lipinski definition) is 2. The van der Waals surface area contributed by atoms with Gasteiger partial charge in [-0.25, -0.2) is 4.98 Å². The Balaban J connectivity index is 1.54. The lowest BCUT2D eigenvalue weighted by molar-refractivity contribution is -0.150. The second kappa shape index (κ2) is 7.20. The summed E-state index contributed by atoms with van der Waals surface area (Å²) < 4.78 is 5.44. The van der Waals surface area contributed by atoms with Gasteiger partial charge in [-0.15, -0.1) is 0 Å². The quantitative estimate of drug-likeness (QED) is 0.682. The first-order valence-corrected chi connectivity index (χ1v) is 9.49. The Labute approximate surface area is 168 Å². The number of carbonyl (C=O) groups excluding carboxylic acids is 1. The van der Waals surface area contributed by atoms with Gasteiger partial charge in [-0.3, -0.25) is 9.59 Å². The third-order valence-electron chi connectivity index (χ3n) is 5.51. The molecule has 1 aliphatic carbocycles. The highest BCUT2D eigenvalue weighted by molar-refractivity contribution is 5.95. The number of hydrogen-bond acceptors (Lipinski definition) is 4. The van der Waals surface area contributed by atoms with Gasteiger partial charge in [-0.2, -0.15) is 0 Å². The Kier molecular flexibility index (Phi) is 4.70. The monoisotopic (exact) mass is 390 g/mol. The molecule has 0 spiro atoms. The molecular formula is C23H22N2O4. The highest BCUT2D eigenvalue weighted by Gasteiger charge is 2.45. The van der Waals surface area contributed by atoms with Crippen LogP contribution in [0.1, 0.15) is 28.8 Å². The summed E-state index contributed by atoms with van der Waals surface area (Å²) in [6.07, 6.45) is 2.21. The molecule has 0 radical (unpaired) electrons. The van der Waals surface area contributed by atoms with Crippen molar-refractivity contribution in [1.29, 1.82) is 0 Å². The molecule has 4 rings (SSSR count). The second-order valence-corrected chi connectivity index (χ2v) is 7.76. The van der Waals surface area contributed by atoms with E-state index in [1.807, 2.05) is 50.2 Å². The number of carboxylic acid groups (broad SMARTS) is 1. The molecule has 1 aliphatic rings. The molecule has 148 valence electrons. The van der Waals surface area contributed by atoms with E-state index in [0.717, 1.165) is 27.9 Å². The summed E-state index contributed by atoms with van der Waals surface area (Å²) in [5.74, 6) is -0.778. The lowest BCUT2D eigenvalue weighted by atomic mass is 9.81. The molecule has 0 saturated heterocycles. The molecule has 0 saturated carbocycles. The van der Waals surface area contributed by atoms with Crippen LogP contribution in [0.3, 0.4) is 0 Å². The van der Waals surface area contributed by atoms with Crippen LogP contribution in [-0.2, 0) is 22.4 Å². The molecule has 1 amide bonds. The zero-order chi connectivity index (χ0) is 20.6. The number of aryl methyl sites for hydroxylation is 2. The Morgan fingerprint density at radius 3 is 2.41 bits per heavy atom. The van der Waals surface area contributed by atoms with Crippen molar-refractivity contribution >= 4 is 17.6 Å². The molecule has 0 aliphatic heterocycles. The summed E-state index contributed by atoms with van der Waals surface area (Å²) in [5, 5.41) is 12.8.